The molecule has 0 unspecified atom stereocenters. The molecular formula is C15H24N4O2. The Labute approximate surface area is 125 Å². The smallest absolute Gasteiger partial charge is 0.224 e. The molecule has 1 saturated heterocycles. The molecule has 21 heavy (non-hydrogen) atoms. The molecule has 116 valence electrons. The van der Waals surface area contributed by atoms with Crippen LogP contribution in [0.25, 0.3) is 0 Å². The van der Waals surface area contributed by atoms with E-state index in [0.717, 1.165) is 25.8 Å². The van der Waals surface area contributed by atoms with Gasteiger partial charge >= 0.3 is 0 Å². The van der Waals surface area contributed by atoms with Crippen molar-refractivity contribution in [3.05, 3.63) is 12.4 Å². The van der Waals surface area contributed by atoms with Crippen molar-refractivity contribution < 1.29 is 9.59 Å². The highest BCUT2D eigenvalue weighted by Gasteiger charge is 2.26. The van der Waals surface area contributed by atoms with Crippen LogP contribution >= 0.6 is 0 Å². The Balaban J connectivity index is 1.99. The van der Waals surface area contributed by atoms with Crippen molar-refractivity contribution in [1.29, 1.82) is 0 Å². The Hall–Kier alpha value is -1.85. The molecule has 1 N–H and O–H groups in total. The third-order valence-electron chi connectivity index (χ3n) is 3.89. The third kappa shape index (κ3) is 4.06. The van der Waals surface area contributed by atoms with Gasteiger partial charge in [-0.15, -0.1) is 0 Å². The first kappa shape index (κ1) is 15.5. The van der Waals surface area contributed by atoms with Crippen molar-refractivity contribution in [2.45, 2.75) is 58.5 Å². The molecule has 1 aromatic heterocycles. The number of likely N-dealkylation sites (tertiary alicyclic amines) is 1. The summed E-state index contributed by atoms with van der Waals surface area (Å²) in [5.41, 5.74) is 0.714. The van der Waals surface area contributed by atoms with Gasteiger partial charge in [-0.3, -0.25) is 14.3 Å². The number of amides is 2. The molecule has 0 spiro atoms. The zero-order valence-corrected chi connectivity index (χ0v) is 12.8. The summed E-state index contributed by atoms with van der Waals surface area (Å²) in [6.07, 6.45) is 7.74. The second kappa shape index (κ2) is 7.24. The minimum atomic E-state index is -0.0185. The van der Waals surface area contributed by atoms with Crippen molar-refractivity contribution in [2.75, 3.05) is 11.9 Å². The zero-order valence-electron chi connectivity index (χ0n) is 12.8. The van der Waals surface area contributed by atoms with Crippen LogP contribution in [0.2, 0.25) is 0 Å². The average molecular weight is 292 g/mol. The third-order valence-corrected chi connectivity index (χ3v) is 3.89. The van der Waals surface area contributed by atoms with Crippen LogP contribution in [0.4, 0.5) is 5.69 Å². The van der Waals surface area contributed by atoms with E-state index in [1.807, 2.05) is 29.6 Å². The van der Waals surface area contributed by atoms with E-state index in [1.54, 1.807) is 6.20 Å². The maximum absolute atomic E-state index is 12.0. The predicted octanol–water partition coefficient (Wildman–Crippen LogP) is 2.02. The maximum Gasteiger partial charge on any atom is 0.224 e. The second-order valence-corrected chi connectivity index (χ2v) is 5.44. The van der Waals surface area contributed by atoms with Crippen LogP contribution in [-0.4, -0.2) is 39.1 Å². The molecule has 1 fully saturated rings. The van der Waals surface area contributed by atoms with E-state index >= 15 is 0 Å². The average Bonchev–Trinajstić information content (AvgIpc) is 2.94. The largest absolute Gasteiger partial charge is 0.338 e. The van der Waals surface area contributed by atoms with Crippen LogP contribution in [0.15, 0.2) is 12.4 Å². The van der Waals surface area contributed by atoms with Gasteiger partial charge in [0.05, 0.1) is 24.5 Å². The number of piperidine rings is 1. The Morgan fingerprint density at radius 1 is 1.33 bits per heavy atom. The van der Waals surface area contributed by atoms with Crippen LogP contribution in [0.3, 0.4) is 0 Å². The second-order valence-electron chi connectivity index (χ2n) is 5.44. The van der Waals surface area contributed by atoms with Crippen molar-refractivity contribution in [3.63, 3.8) is 0 Å². The highest BCUT2D eigenvalue weighted by Crippen LogP contribution is 2.20. The van der Waals surface area contributed by atoms with Crippen LogP contribution in [0, 0.1) is 0 Å². The summed E-state index contributed by atoms with van der Waals surface area (Å²) in [5, 5.41) is 7.07. The summed E-state index contributed by atoms with van der Waals surface area (Å²) < 4.78 is 1.82. The highest BCUT2D eigenvalue weighted by atomic mass is 16.2. The topological polar surface area (TPSA) is 67.2 Å². The monoisotopic (exact) mass is 292 g/mol. The fourth-order valence-corrected chi connectivity index (χ4v) is 2.72. The molecule has 1 aliphatic rings. The summed E-state index contributed by atoms with van der Waals surface area (Å²) in [7, 11) is 0. The number of hydrogen-bond donors (Lipinski definition) is 1. The summed E-state index contributed by atoms with van der Waals surface area (Å²) in [6.45, 7) is 5.25. The lowest BCUT2D eigenvalue weighted by Gasteiger charge is -2.35. The first-order valence-corrected chi connectivity index (χ1v) is 7.75. The number of anilines is 1. The zero-order chi connectivity index (χ0) is 15.2. The number of nitrogens with one attached hydrogen (secondary N) is 1. The summed E-state index contributed by atoms with van der Waals surface area (Å²) >= 11 is 0. The number of hydrogen-bond acceptors (Lipinski definition) is 3. The molecule has 6 heteroatoms. The lowest BCUT2D eigenvalue weighted by molar-refractivity contribution is -0.134. The maximum atomic E-state index is 12.0. The first-order valence-electron chi connectivity index (χ1n) is 7.75. The SMILES string of the molecule is CCC(=O)Nc1cnn(C[C@H]2CCCCN2C(=O)CC)c1. The number of nitrogens with zero attached hydrogens (tertiary/aromatic N) is 3. The number of carbonyl (C=O) groups excluding carboxylic acids is 2. The van der Waals surface area contributed by atoms with E-state index in [2.05, 4.69) is 10.4 Å². The fraction of sp³-hybridized carbons (Fsp3) is 0.667. The van der Waals surface area contributed by atoms with Gasteiger partial charge < -0.3 is 10.2 Å². The molecule has 2 amide bonds. The van der Waals surface area contributed by atoms with Gasteiger partial charge in [0.2, 0.25) is 11.8 Å². The van der Waals surface area contributed by atoms with E-state index in [9.17, 15) is 9.59 Å². The minimum absolute atomic E-state index is 0.0185. The quantitative estimate of drug-likeness (QED) is 0.903. The molecule has 0 aliphatic carbocycles. The van der Waals surface area contributed by atoms with Crippen LogP contribution in [0.5, 0.6) is 0 Å². The Bertz CT molecular complexity index is 498. The van der Waals surface area contributed by atoms with Crippen molar-refractivity contribution in [3.8, 4) is 0 Å². The van der Waals surface area contributed by atoms with E-state index < -0.39 is 0 Å². The van der Waals surface area contributed by atoms with Crippen molar-refractivity contribution >= 4 is 17.5 Å². The van der Waals surface area contributed by atoms with Gasteiger partial charge in [0, 0.05) is 25.6 Å². The molecular weight excluding hydrogens is 268 g/mol. The van der Waals surface area contributed by atoms with E-state index in [4.69, 9.17) is 0 Å². The van der Waals surface area contributed by atoms with Gasteiger partial charge in [-0.05, 0) is 19.3 Å². The molecule has 2 rings (SSSR count). The number of aromatic nitrogens is 2. The molecule has 0 radical (unpaired) electrons. The minimum Gasteiger partial charge on any atom is -0.338 e. The summed E-state index contributed by atoms with van der Waals surface area (Å²) in [6, 6.07) is 0.209. The van der Waals surface area contributed by atoms with E-state index in [-0.39, 0.29) is 17.9 Å². The van der Waals surface area contributed by atoms with Gasteiger partial charge in [0.25, 0.3) is 0 Å². The number of rotatable bonds is 5. The molecule has 1 aliphatic heterocycles. The Kier molecular flexibility index (Phi) is 5.36. The summed E-state index contributed by atoms with van der Waals surface area (Å²) in [4.78, 5) is 25.3. The molecule has 1 aromatic rings. The van der Waals surface area contributed by atoms with E-state index in [1.165, 1.54) is 0 Å². The summed E-state index contributed by atoms with van der Waals surface area (Å²) in [5.74, 6) is 0.196. The van der Waals surface area contributed by atoms with Crippen LogP contribution in [-0.2, 0) is 16.1 Å². The molecule has 6 nitrogen and oxygen atoms in total. The fourth-order valence-electron chi connectivity index (χ4n) is 2.72. The molecule has 2 heterocycles. The molecule has 0 saturated carbocycles. The Morgan fingerprint density at radius 2 is 2.14 bits per heavy atom. The van der Waals surface area contributed by atoms with Gasteiger partial charge in [-0.1, -0.05) is 13.8 Å². The highest BCUT2D eigenvalue weighted by molar-refractivity contribution is 5.90. The van der Waals surface area contributed by atoms with Gasteiger partial charge in [-0.2, -0.15) is 5.10 Å². The number of carbonyl (C=O) groups is 2. The van der Waals surface area contributed by atoms with Gasteiger partial charge in [0.15, 0.2) is 0 Å². The predicted molar refractivity (Wildman–Crippen MR) is 80.8 cm³/mol. The van der Waals surface area contributed by atoms with Gasteiger partial charge in [0.1, 0.15) is 0 Å². The standard InChI is InChI=1S/C15H24N4O2/c1-3-14(20)17-12-9-16-18(10-12)11-13-7-5-6-8-19(13)15(21)4-2/h9-10,13H,3-8,11H2,1-2H3,(H,17,20)/t13-/m1/s1. The lowest BCUT2D eigenvalue weighted by atomic mass is 10.0. The first-order chi connectivity index (χ1) is 10.1. The molecule has 0 aromatic carbocycles. The van der Waals surface area contributed by atoms with Crippen LogP contribution < -0.4 is 5.32 Å². The lowest BCUT2D eigenvalue weighted by Crippen LogP contribution is -2.45. The normalized spacial score (nSPS) is 18.6. The molecule has 1 atom stereocenters. The van der Waals surface area contributed by atoms with E-state index in [0.29, 0.717) is 25.1 Å². The van der Waals surface area contributed by atoms with Crippen molar-refractivity contribution in [2.24, 2.45) is 0 Å². The van der Waals surface area contributed by atoms with Crippen molar-refractivity contribution in [1.82, 2.24) is 14.7 Å². The van der Waals surface area contributed by atoms with Crippen LogP contribution in [0.1, 0.15) is 46.0 Å². The van der Waals surface area contributed by atoms with Gasteiger partial charge in [-0.25, -0.2) is 0 Å². The Morgan fingerprint density at radius 3 is 2.86 bits per heavy atom. The molecule has 0 bridgehead atoms.